The molecule has 2 heterocycles. The van der Waals surface area contributed by atoms with Crippen molar-refractivity contribution in [2.75, 3.05) is 5.75 Å². The molecule has 11 heteroatoms. The third kappa shape index (κ3) is 4.12. The SMILES string of the molecule is CC(C)NC(=O)CCn1c(=O)c2cc(Cl)ccc2n2c(SCC(N)=O)nnc12. The van der Waals surface area contributed by atoms with Gasteiger partial charge in [0.1, 0.15) is 0 Å². The number of benzene rings is 1. The lowest BCUT2D eigenvalue weighted by Crippen LogP contribution is -2.32. The van der Waals surface area contributed by atoms with Gasteiger partial charge in [-0.15, -0.1) is 10.2 Å². The molecule has 2 aromatic heterocycles. The molecule has 0 saturated carbocycles. The highest BCUT2D eigenvalue weighted by atomic mass is 35.5. The largest absolute Gasteiger partial charge is 0.369 e. The highest BCUT2D eigenvalue weighted by molar-refractivity contribution is 7.99. The van der Waals surface area contributed by atoms with E-state index in [0.29, 0.717) is 21.1 Å². The molecule has 28 heavy (non-hydrogen) atoms. The van der Waals surface area contributed by atoms with Gasteiger partial charge in [0, 0.05) is 24.0 Å². The number of primary amides is 1. The monoisotopic (exact) mass is 422 g/mol. The summed E-state index contributed by atoms with van der Waals surface area (Å²) in [6.45, 7) is 3.85. The molecule has 0 fully saturated rings. The van der Waals surface area contributed by atoms with E-state index in [1.54, 1.807) is 22.6 Å². The van der Waals surface area contributed by atoms with Gasteiger partial charge in [-0.25, -0.2) is 0 Å². The van der Waals surface area contributed by atoms with Crippen molar-refractivity contribution in [3.05, 3.63) is 33.6 Å². The fourth-order valence-electron chi connectivity index (χ4n) is 2.80. The van der Waals surface area contributed by atoms with Crippen LogP contribution in [0.1, 0.15) is 20.3 Å². The van der Waals surface area contributed by atoms with Crippen LogP contribution in [0.2, 0.25) is 5.02 Å². The van der Waals surface area contributed by atoms with Gasteiger partial charge in [-0.3, -0.25) is 23.4 Å². The van der Waals surface area contributed by atoms with Gasteiger partial charge >= 0.3 is 0 Å². The van der Waals surface area contributed by atoms with E-state index in [4.69, 9.17) is 17.3 Å². The van der Waals surface area contributed by atoms with Crippen LogP contribution in [0.15, 0.2) is 28.2 Å². The number of thioether (sulfide) groups is 1. The summed E-state index contributed by atoms with van der Waals surface area (Å²) in [7, 11) is 0. The molecule has 3 aromatic rings. The van der Waals surface area contributed by atoms with Gasteiger partial charge < -0.3 is 11.1 Å². The van der Waals surface area contributed by atoms with E-state index in [-0.39, 0.29) is 42.0 Å². The molecule has 0 aliphatic carbocycles. The van der Waals surface area contributed by atoms with E-state index in [2.05, 4.69) is 15.5 Å². The van der Waals surface area contributed by atoms with Crippen molar-refractivity contribution >= 4 is 51.9 Å². The second kappa shape index (κ2) is 8.19. The molecule has 0 radical (unpaired) electrons. The van der Waals surface area contributed by atoms with Crippen LogP contribution in [0.25, 0.3) is 16.7 Å². The van der Waals surface area contributed by atoms with Gasteiger partial charge in [-0.05, 0) is 32.0 Å². The third-order valence-corrected chi connectivity index (χ3v) is 5.07. The lowest BCUT2D eigenvalue weighted by Gasteiger charge is -2.12. The number of carbonyl (C=O) groups excluding carboxylic acids is 2. The smallest absolute Gasteiger partial charge is 0.262 e. The molecule has 2 amide bonds. The van der Waals surface area contributed by atoms with Crippen LogP contribution in [0.3, 0.4) is 0 Å². The predicted molar refractivity (Wildman–Crippen MR) is 108 cm³/mol. The van der Waals surface area contributed by atoms with E-state index in [9.17, 15) is 14.4 Å². The summed E-state index contributed by atoms with van der Waals surface area (Å²) in [6, 6.07) is 4.92. The first-order valence-corrected chi connectivity index (χ1v) is 9.92. The second-order valence-electron chi connectivity index (χ2n) is 6.46. The van der Waals surface area contributed by atoms with Crippen LogP contribution < -0.4 is 16.6 Å². The zero-order valence-corrected chi connectivity index (χ0v) is 16.9. The van der Waals surface area contributed by atoms with Crippen LogP contribution in [0.5, 0.6) is 0 Å². The van der Waals surface area contributed by atoms with Crippen LogP contribution in [-0.4, -0.2) is 42.8 Å². The number of rotatable bonds is 7. The summed E-state index contributed by atoms with van der Waals surface area (Å²) in [4.78, 5) is 36.2. The molecule has 0 unspecified atom stereocenters. The molecule has 0 saturated heterocycles. The van der Waals surface area contributed by atoms with Gasteiger partial charge in [-0.1, -0.05) is 23.4 Å². The van der Waals surface area contributed by atoms with Crippen LogP contribution in [-0.2, 0) is 16.1 Å². The highest BCUT2D eigenvalue weighted by Crippen LogP contribution is 2.23. The first-order valence-electron chi connectivity index (χ1n) is 8.55. The normalized spacial score (nSPS) is 11.4. The standard InChI is InChI=1S/C17H19ClN6O3S/c1-9(2)20-14(26)5-6-23-15(27)11-7-10(18)3-4-12(11)24-16(23)21-22-17(24)28-8-13(19)25/h3-4,7,9H,5-6,8H2,1-2H3,(H2,19,25)(H,20,26). The Kier molecular flexibility index (Phi) is 5.90. The molecule has 0 bridgehead atoms. The molecule has 3 rings (SSSR count). The van der Waals surface area contributed by atoms with Crippen molar-refractivity contribution in [3.63, 3.8) is 0 Å². The second-order valence-corrected chi connectivity index (χ2v) is 7.84. The van der Waals surface area contributed by atoms with E-state index >= 15 is 0 Å². The first-order chi connectivity index (χ1) is 13.3. The van der Waals surface area contributed by atoms with Crippen molar-refractivity contribution < 1.29 is 9.59 Å². The molecule has 148 valence electrons. The fraction of sp³-hybridized carbons (Fsp3) is 0.353. The maximum atomic E-state index is 13.0. The van der Waals surface area contributed by atoms with Gasteiger partial charge in [0.15, 0.2) is 5.16 Å². The molecule has 0 aliphatic heterocycles. The van der Waals surface area contributed by atoms with Crippen molar-refractivity contribution in [1.29, 1.82) is 0 Å². The summed E-state index contributed by atoms with van der Waals surface area (Å²) < 4.78 is 3.06. The molecular formula is C17H19ClN6O3S. The van der Waals surface area contributed by atoms with Crippen LogP contribution in [0, 0.1) is 0 Å². The minimum atomic E-state index is -0.493. The van der Waals surface area contributed by atoms with Crippen molar-refractivity contribution in [1.82, 2.24) is 24.5 Å². The van der Waals surface area contributed by atoms with Crippen LogP contribution in [0.4, 0.5) is 0 Å². The quantitative estimate of drug-likeness (QED) is 0.551. The number of nitrogens with two attached hydrogens (primary N) is 1. The summed E-state index contributed by atoms with van der Waals surface area (Å²) >= 11 is 7.19. The Balaban J connectivity index is 2.13. The van der Waals surface area contributed by atoms with Gasteiger partial charge in [0.25, 0.3) is 5.56 Å². The summed E-state index contributed by atoms with van der Waals surface area (Å²) in [5.41, 5.74) is 5.47. The van der Waals surface area contributed by atoms with E-state index in [1.807, 2.05) is 13.8 Å². The Morgan fingerprint density at radius 1 is 1.32 bits per heavy atom. The molecule has 1 aromatic carbocycles. The Bertz CT molecular complexity index is 1120. The van der Waals surface area contributed by atoms with E-state index in [0.717, 1.165) is 11.8 Å². The topological polar surface area (TPSA) is 124 Å². The van der Waals surface area contributed by atoms with Crippen molar-refractivity contribution in [3.8, 4) is 0 Å². The Morgan fingerprint density at radius 2 is 2.07 bits per heavy atom. The average molecular weight is 423 g/mol. The van der Waals surface area contributed by atoms with Gasteiger partial charge in [0.2, 0.25) is 17.6 Å². The van der Waals surface area contributed by atoms with Crippen molar-refractivity contribution in [2.24, 2.45) is 5.73 Å². The van der Waals surface area contributed by atoms with Crippen LogP contribution >= 0.6 is 23.4 Å². The number of nitrogens with one attached hydrogen (secondary N) is 1. The summed E-state index contributed by atoms with van der Waals surface area (Å²) in [5.74, 6) is -0.364. The summed E-state index contributed by atoms with van der Waals surface area (Å²) in [6.07, 6.45) is 0.108. The number of nitrogens with zero attached hydrogens (tertiary/aromatic N) is 4. The molecular weight excluding hydrogens is 404 g/mol. The van der Waals surface area contributed by atoms with E-state index < -0.39 is 5.91 Å². The average Bonchev–Trinajstić information content (AvgIpc) is 3.03. The van der Waals surface area contributed by atoms with Crippen molar-refractivity contribution in [2.45, 2.75) is 38.0 Å². The maximum absolute atomic E-state index is 13.0. The van der Waals surface area contributed by atoms with E-state index in [1.165, 1.54) is 4.57 Å². The Hall–Kier alpha value is -2.59. The minimum Gasteiger partial charge on any atom is -0.369 e. The zero-order chi connectivity index (χ0) is 20.4. The minimum absolute atomic E-state index is 0.00421. The maximum Gasteiger partial charge on any atom is 0.262 e. The lowest BCUT2D eigenvalue weighted by atomic mass is 10.2. The number of aromatic nitrogens is 4. The molecule has 9 nitrogen and oxygen atoms in total. The molecule has 0 aliphatic rings. The number of amides is 2. The van der Waals surface area contributed by atoms with Gasteiger partial charge in [-0.2, -0.15) is 0 Å². The van der Waals surface area contributed by atoms with Gasteiger partial charge in [0.05, 0.1) is 16.7 Å². The predicted octanol–water partition coefficient (Wildman–Crippen LogP) is 1.19. The third-order valence-electron chi connectivity index (χ3n) is 3.89. The highest BCUT2D eigenvalue weighted by Gasteiger charge is 2.18. The first kappa shape index (κ1) is 20.2. The molecule has 3 N–H and O–H groups in total. The Labute approximate surface area is 169 Å². The number of carbonyl (C=O) groups is 2. The number of hydrogen-bond donors (Lipinski definition) is 2. The molecule has 0 spiro atoms. The zero-order valence-electron chi connectivity index (χ0n) is 15.3. The fourth-order valence-corrected chi connectivity index (χ4v) is 3.65. The number of hydrogen-bond acceptors (Lipinski definition) is 6. The number of halogens is 1. The lowest BCUT2D eigenvalue weighted by molar-refractivity contribution is -0.121. The number of aryl methyl sites for hydroxylation is 1. The summed E-state index contributed by atoms with van der Waals surface area (Å²) in [5, 5.41) is 12.2. The Morgan fingerprint density at radius 3 is 2.75 bits per heavy atom. The molecule has 0 atom stereocenters. The number of fused-ring (bicyclic) bond motifs is 3.